The third-order valence-corrected chi connectivity index (χ3v) is 3.84. The van der Waals surface area contributed by atoms with Gasteiger partial charge in [0.15, 0.2) is 0 Å². The molecule has 1 aromatic carbocycles. The van der Waals surface area contributed by atoms with Gasteiger partial charge in [0.2, 0.25) is 5.91 Å². The van der Waals surface area contributed by atoms with Crippen LogP contribution in [0.5, 0.6) is 5.75 Å². The van der Waals surface area contributed by atoms with Crippen molar-refractivity contribution in [2.24, 2.45) is 0 Å². The lowest BCUT2D eigenvalue weighted by Gasteiger charge is -2.34. The molecule has 22 heavy (non-hydrogen) atoms. The van der Waals surface area contributed by atoms with Gasteiger partial charge >= 0.3 is 5.97 Å². The molecule has 1 aliphatic rings. The van der Waals surface area contributed by atoms with Gasteiger partial charge in [0, 0.05) is 25.2 Å². The van der Waals surface area contributed by atoms with Crippen molar-refractivity contribution in [2.75, 3.05) is 27.3 Å². The van der Waals surface area contributed by atoms with E-state index in [-0.39, 0.29) is 18.3 Å². The highest BCUT2D eigenvalue weighted by molar-refractivity contribution is 5.87. The van der Waals surface area contributed by atoms with E-state index in [4.69, 9.17) is 9.47 Å². The number of carbonyl (C=O) groups is 2. The highest BCUT2D eigenvalue weighted by Crippen LogP contribution is 2.23. The predicted molar refractivity (Wildman–Crippen MR) is 81.6 cm³/mol. The van der Waals surface area contributed by atoms with Crippen molar-refractivity contribution in [3.05, 3.63) is 29.3 Å². The van der Waals surface area contributed by atoms with E-state index in [0.29, 0.717) is 19.6 Å². The summed E-state index contributed by atoms with van der Waals surface area (Å²) in [5.41, 5.74) is 2.13. The first-order valence-electron chi connectivity index (χ1n) is 7.27. The monoisotopic (exact) mass is 306 g/mol. The SMILES string of the molecule is COC(=O)CC1C(=O)NCCN1Cc1cc(C)ccc1OC. The molecule has 1 N–H and O–H groups in total. The first-order chi connectivity index (χ1) is 10.5. The summed E-state index contributed by atoms with van der Waals surface area (Å²) in [6.07, 6.45) is 0.0520. The van der Waals surface area contributed by atoms with Crippen LogP contribution >= 0.6 is 0 Å². The lowest BCUT2D eigenvalue weighted by Crippen LogP contribution is -2.55. The van der Waals surface area contributed by atoms with E-state index in [0.717, 1.165) is 16.9 Å². The Labute approximate surface area is 130 Å². The van der Waals surface area contributed by atoms with Gasteiger partial charge in [0.25, 0.3) is 0 Å². The topological polar surface area (TPSA) is 67.9 Å². The highest BCUT2D eigenvalue weighted by Gasteiger charge is 2.32. The molecular formula is C16H22N2O4. The molecule has 2 rings (SSSR count). The number of nitrogens with one attached hydrogen (secondary N) is 1. The number of aryl methyl sites for hydroxylation is 1. The third-order valence-electron chi connectivity index (χ3n) is 3.84. The van der Waals surface area contributed by atoms with Gasteiger partial charge in [-0.2, -0.15) is 0 Å². The molecule has 6 nitrogen and oxygen atoms in total. The summed E-state index contributed by atoms with van der Waals surface area (Å²) in [7, 11) is 2.96. The number of hydrogen-bond donors (Lipinski definition) is 1. The van der Waals surface area contributed by atoms with Crippen molar-refractivity contribution in [1.29, 1.82) is 0 Å². The summed E-state index contributed by atoms with van der Waals surface area (Å²) in [5.74, 6) is 0.264. The van der Waals surface area contributed by atoms with Gasteiger partial charge in [-0.3, -0.25) is 14.5 Å². The molecule has 0 radical (unpaired) electrons. The average molecular weight is 306 g/mol. The zero-order chi connectivity index (χ0) is 16.1. The van der Waals surface area contributed by atoms with E-state index in [9.17, 15) is 9.59 Å². The van der Waals surface area contributed by atoms with Crippen molar-refractivity contribution >= 4 is 11.9 Å². The number of esters is 1. The van der Waals surface area contributed by atoms with Crippen LogP contribution in [0.15, 0.2) is 18.2 Å². The zero-order valence-electron chi connectivity index (χ0n) is 13.2. The number of carbonyl (C=O) groups excluding carboxylic acids is 2. The van der Waals surface area contributed by atoms with E-state index >= 15 is 0 Å². The first-order valence-corrected chi connectivity index (χ1v) is 7.27. The van der Waals surface area contributed by atoms with E-state index in [1.807, 2.05) is 30.0 Å². The van der Waals surface area contributed by atoms with Gasteiger partial charge in [-0.1, -0.05) is 17.7 Å². The number of nitrogens with zero attached hydrogens (tertiary/aromatic N) is 1. The van der Waals surface area contributed by atoms with E-state index < -0.39 is 6.04 Å². The molecule has 0 bridgehead atoms. The molecule has 1 fully saturated rings. The van der Waals surface area contributed by atoms with Crippen LogP contribution in [-0.4, -0.2) is 50.1 Å². The quantitative estimate of drug-likeness (QED) is 0.818. The van der Waals surface area contributed by atoms with Gasteiger partial charge < -0.3 is 14.8 Å². The number of piperazine rings is 1. The molecule has 0 aliphatic carbocycles. The summed E-state index contributed by atoms with van der Waals surface area (Å²) in [6.45, 7) is 3.83. The number of ether oxygens (including phenoxy) is 2. The summed E-state index contributed by atoms with van der Waals surface area (Å²) >= 11 is 0. The van der Waals surface area contributed by atoms with Gasteiger partial charge in [-0.25, -0.2) is 0 Å². The minimum atomic E-state index is -0.508. The number of rotatable bonds is 5. The van der Waals surface area contributed by atoms with Crippen molar-refractivity contribution in [1.82, 2.24) is 10.2 Å². The minimum absolute atomic E-state index is 0.0520. The summed E-state index contributed by atoms with van der Waals surface area (Å²) < 4.78 is 10.1. The Balaban J connectivity index is 2.19. The maximum absolute atomic E-state index is 12.1. The highest BCUT2D eigenvalue weighted by atomic mass is 16.5. The number of methoxy groups -OCH3 is 2. The molecular weight excluding hydrogens is 284 g/mol. The Bertz CT molecular complexity index is 559. The maximum Gasteiger partial charge on any atom is 0.307 e. The largest absolute Gasteiger partial charge is 0.496 e. The van der Waals surface area contributed by atoms with Crippen LogP contribution in [-0.2, 0) is 20.9 Å². The Morgan fingerprint density at radius 2 is 2.18 bits per heavy atom. The van der Waals surface area contributed by atoms with Crippen LogP contribution in [0.3, 0.4) is 0 Å². The molecule has 0 spiro atoms. The second-order valence-corrected chi connectivity index (χ2v) is 5.37. The fraction of sp³-hybridized carbons (Fsp3) is 0.500. The second kappa shape index (κ2) is 7.26. The van der Waals surface area contributed by atoms with Crippen LogP contribution < -0.4 is 10.1 Å². The summed E-state index contributed by atoms with van der Waals surface area (Å²) in [5, 5.41) is 2.80. The molecule has 1 atom stereocenters. The smallest absolute Gasteiger partial charge is 0.307 e. The lowest BCUT2D eigenvalue weighted by molar-refractivity contribution is -0.146. The van der Waals surface area contributed by atoms with Crippen LogP contribution in [0.4, 0.5) is 0 Å². The lowest BCUT2D eigenvalue weighted by atomic mass is 10.1. The predicted octanol–water partition coefficient (Wildman–Crippen LogP) is 0.867. The molecule has 6 heteroatoms. The van der Waals surface area contributed by atoms with Crippen LogP contribution in [0.2, 0.25) is 0 Å². The standard InChI is InChI=1S/C16H22N2O4/c1-11-4-5-14(21-2)12(8-11)10-18-7-6-17-16(20)13(18)9-15(19)22-3/h4-5,8,13H,6-7,9-10H2,1-3H3,(H,17,20). The number of hydrogen-bond acceptors (Lipinski definition) is 5. The normalized spacial score (nSPS) is 18.7. The van der Waals surface area contributed by atoms with E-state index in [2.05, 4.69) is 5.32 Å². The third kappa shape index (κ3) is 3.76. The second-order valence-electron chi connectivity index (χ2n) is 5.37. The molecule has 1 heterocycles. The molecule has 1 unspecified atom stereocenters. The van der Waals surface area contributed by atoms with E-state index in [1.165, 1.54) is 7.11 Å². The Morgan fingerprint density at radius 1 is 1.41 bits per heavy atom. The summed E-state index contributed by atoms with van der Waals surface area (Å²) in [4.78, 5) is 25.6. The molecule has 1 aromatic rings. The Hall–Kier alpha value is -2.08. The molecule has 120 valence electrons. The fourth-order valence-corrected chi connectivity index (χ4v) is 2.66. The Morgan fingerprint density at radius 3 is 2.86 bits per heavy atom. The van der Waals surface area contributed by atoms with Crippen LogP contribution in [0, 0.1) is 6.92 Å². The number of benzene rings is 1. The fourth-order valence-electron chi connectivity index (χ4n) is 2.66. The molecule has 1 aliphatic heterocycles. The average Bonchev–Trinajstić information content (AvgIpc) is 2.50. The summed E-state index contributed by atoms with van der Waals surface area (Å²) in [6, 6.07) is 5.44. The van der Waals surface area contributed by atoms with Gasteiger partial charge in [-0.05, 0) is 13.0 Å². The molecule has 0 aromatic heterocycles. The van der Waals surface area contributed by atoms with Gasteiger partial charge in [-0.15, -0.1) is 0 Å². The van der Waals surface area contributed by atoms with Crippen molar-refractivity contribution < 1.29 is 19.1 Å². The van der Waals surface area contributed by atoms with Gasteiger partial charge in [0.05, 0.1) is 20.6 Å². The van der Waals surface area contributed by atoms with Crippen molar-refractivity contribution in [3.63, 3.8) is 0 Å². The van der Waals surface area contributed by atoms with E-state index in [1.54, 1.807) is 7.11 Å². The maximum atomic E-state index is 12.1. The van der Waals surface area contributed by atoms with Crippen LogP contribution in [0.1, 0.15) is 17.5 Å². The molecule has 1 amide bonds. The first kappa shape index (κ1) is 16.3. The molecule has 1 saturated heterocycles. The Kier molecular flexibility index (Phi) is 5.38. The van der Waals surface area contributed by atoms with Crippen molar-refractivity contribution in [2.45, 2.75) is 25.9 Å². The minimum Gasteiger partial charge on any atom is -0.496 e. The zero-order valence-corrected chi connectivity index (χ0v) is 13.2. The molecule has 0 saturated carbocycles. The number of amides is 1. The van der Waals surface area contributed by atoms with Crippen molar-refractivity contribution in [3.8, 4) is 5.75 Å². The van der Waals surface area contributed by atoms with Crippen LogP contribution in [0.25, 0.3) is 0 Å². The van der Waals surface area contributed by atoms with Gasteiger partial charge in [0.1, 0.15) is 11.8 Å².